The summed E-state index contributed by atoms with van der Waals surface area (Å²) < 4.78 is 34.0. The quantitative estimate of drug-likeness (QED) is 0.799. The molecule has 0 unspecified atom stereocenters. The van der Waals surface area contributed by atoms with Gasteiger partial charge in [0.2, 0.25) is 5.91 Å². The summed E-state index contributed by atoms with van der Waals surface area (Å²) >= 11 is 1.11. The molecule has 1 aromatic carbocycles. The molecule has 1 heterocycles. The van der Waals surface area contributed by atoms with E-state index in [1.54, 1.807) is 0 Å². The molecule has 0 atom stereocenters. The third-order valence-electron chi connectivity index (χ3n) is 3.07. The predicted molar refractivity (Wildman–Crippen MR) is 84.5 cm³/mol. The number of benzene rings is 1. The minimum atomic E-state index is -3.60. The maximum atomic E-state index is 11.9. The van der Waals surface area contributed by atoms with E-state index in [1.807, 2.05) is 18.2 Å². The fourth-order valence-corrected chi connectivity index (χ4v) is 3.22. The van der Waals surface area contributed by atoms with Crippen molar-refractivity contribution >= 4 is 38.9 Å². The van der Waals surface area contributed by atoms with Gasteiger partial charge in [0, 0.05) is 33.3 Å². The van der Waals surface area contributed by atoms with E-state index < -0.39 is 10.2 Å². The summed E-state index contributed by atoms with van der Waals surface area (Å²) in [6.45, 7) is 0.0310. The van der Waals surface area contributed by atoms with Gasteiger partial charge in [0.05, 0.1) is 18.3 Å². The standard InChI is InChI=1S/C12H17N5O3S2/c1-16(2)22(19,20)17(3)8-11(18)13-7-9-5-4-6-10-12(9)15-21-14-10/h4-6H,7-8H2,1-3H3,(H,13,18). The number of amides is 1. The Morgan fingerprint density at radius 2 is 2.00 bits per heavy atom. The van der Waals surface area contributed by atoms with Gasteiger partial charge >= 0.3 is 0 Å². The van der Waals surface area contributed by atoms with Crippen LogP contribution < -0.4 is 5.32 Å². The van der Waals surface area contributed by atoms with E-state index in [-0.39, 0.29) is 19.0 Å². The van der Waals surface area contributed by atoms with Gasteiger partial charge in [0.1, 0.15) is 11.0 Å². The molecule has 0 spiro atoms. The Hall–Kier alpha value is -1.62. The Morgan fingerprint density at radius 1 is 1.27 bits per heavy atom. The lowest BCUT2D eigenvalue weighted by Crippen LogP contribution is -2.43. The summed E-state index contributed by atoms with van der Waals surface area (Å²) in [5.74, 6) is -0.381. The van der Waals surface area contributed by atoms with Crippen LogP contribution in [0.4, 0.5) is 0 Å². The molecule has 0 aliphatic rings. The number of carbonyl (C=O) groups is 1. The summed E-state index contributed by atoms with van der Waals surface area (Å²) in [6, 6.07) is 5.54. The van der Waals surface area contributed by atoms with Crippen molar-refractivity contribution in [1.29, 1.82) is 0 Å². The van der Waals surface area contributed by atoms with Crippen LogP contribution in [-0.4, -0.2) is 59.4 Å². The van der Waals surface area contributed by atoms with Gasteiger partial charge in [-0.2, -0.15) is 25.8 Å². The van der Waals surface area contributed by atoms with Gasteiger partial charge < -0.3 is 5.32 Å². The van der Waals surface area contributed by atoms with Gasteiger partial charge in [-0.15, -0.1) is 0 Å². The van der Waals surface area contributed by atoms with E-state index in [9.17, 15) is 13.2 Å². The number of hydrogen-bond donors (Lipinski definition) is 1. The van der Waals surface area contributed by atoms with Crippen molar-refractivity contribution in [2.24, 2.45) is 0 Å². The summed E-state index contributed by atoms with van der Waals surface area (Å²) in [6.07, 6.45) is 0. The fourth-order valence-electron chi connectivity index (χ4n) is 1.82. The average Bonchev–Trinajstić information content (AvgIpc) is 2.93. The minimum Gasteiger partial charge on any atom is -0.351 e. The highest BCUT2D eigenvalue weighted by Gasteiger charge is 2.22. The number of nitrogens with zero attached hydrogens (tertiary/aromatic N) is 4. The molecule has 2 rings (SSSR count). The molecule has 0 saturated carbocycles. The highest BCUT2D eigenvalue weighted by Crippen LogP contribution is 2.16. The third-order valence-corrected chi connectivity index (χ3v) is 5.45. The number of carbonyl (C=O) groups excluding carboxylic acids is 1. The van der Waals surface area contributed by atoms with Gasteiger partial charge in [0.25, 0.3) is 10.2 Å². The molecule has 2 aromatic rings. The Morgan fingerprint density at radius 3 is 2.68 bits per heavy atom. The first-order chi connectivity index (χ1) is 10.3. The Bertz CT molecular complexity index is 772. The van der Waals surface area contributed by atoms with Crippen LogP contribution in [0.15, 0.2) is 18.2 Å². The number of likely N-dealkylation sites (N-methyl/N-ethyl adjacent to an activating group) is 1. The van der Waals surface area contributed by atoms with Crippen molar-refractivity contribution in [3.8, 4) is 0 Å². The van der Waals surface area contributed by atoms with Crippen LogP contribution in [0, 0.1) is 0 Å². The van der Waals surface area contributed by atoms with E-state index in [2.05, 4.69) is 14.1 Å². The van der Waals surface area contributed by atoms with Crippen molar-refractivity contribution < 1.29 is 13.2 Å². The maximum absolute atomic E-state index is 11.9. The fraction of sp³-hybridized carbons (Fsp3) is 0.417. The van der Waals surface area contributed by atoms with Crippen LogP contribution in [-0.2, 0) is 21.5 Å². The van der Waals surface area contributed by atoms with Crippen molar-refractivity contribution in [3.63, 3.8) is 0 Å². The van der Waals surface area contributed by atoms with Gasteiger partial charge in [-0.1, -0.05) is 12.1 Å². The first kappa shape index (κ1) is 16.7. The number of nitrogens with one attached hydrogen (secondary N) is 1. The molecular formula is C12H17N5O3S2. The van der Waals surface area contributed by atoms with Gasteiger partial charge in [-0.25, -0.2) is 0 Å². The predicted octanol–water partition coefficient (Wildman–Crippen LogP) is 0.0457. The molecule has 120 valence electrons. The number of rotatable bonds is 6. The summed E-state index contributed by atoms with van der Waals surface area (Å²) in [4.78, 5) is 11.9. The SMILES string of the molecule is CN(C)S(=O)(=O)N(C)CC(=O)NCc1cccc2nsnc12. The molecular weight excluding hydrogens is 326 g/mol. The van der Waals surface area contributed by atoms with E-state index >= 15 is 0 Å². The second-order valence-corrected chi connectivity index (χ2v) is 7.65. The normalized spacial score (nSPS) is 12.2. The first-order valence-electron chi connectivity index (χ1n) is 6.43. The topological polar surface area (TPSA) is 95.5 Å². The Labute approximate surface area is 133 Å². The second-order valence-electron chi connectivity index (χ2n) is 4.87. The van der Waals surface area contributed by atoms with Crippen molar-refractivity contribution in [3.05, 3.63) is 23.8 Å². The minimum absolute atomic E-state index is 0.244. The lowest BCUT2D eigenvalue weighted by molar-refractivity contribution is -0.121. The largest absolute Gasteiger partial charge is 0.351 e. The monoisotopic (exact) mass is 343 g/mol. The average molecular weight is 343 g/mol. The molecule has 0 radical (unpaired) electrons. The molecule has 0 aliphatic heterocycles. The van der Waals surface area contributed by atoms with Crippen LogP contribution in [0.25, 0.3) is 11.0 Å². The molecule has 1 amide bonds. The van der Waals surface area contributed by atoms with Gasteiger partial charge in [0.15, 0.2) is 0 Å². The molecule has 0 bridgehead atoms. The van der Waals surface area contributed by atoms with Crippen LogP contribution in [0.3, 0.4) is 0 Å². The zero-order valence-corrected chi connectivity index (χ0v) is 14.1. The van der Waals surface area contributed by atoms with Crippen molar-refractivity contribution in [1.82, 2.24) is 22.7 Å². The number of fused-ring (bicyclic) bond motifs is 1. The third kappa shape index (κ3) is 3.58. The van der Waals surface area contributed by atoms with E-state index in [1.165, 1.54) is 21.1 Å². The van der Waals surface area contributed by atoms with Crippen LogP contribution in [0.5, 0.6) is 0 Å². The van der Waals surface area contributed by atoms with E-state index in [4.69, 9.17) is 0 Å². The lowest BCUT2D eigenvalue weighted by atomic mass is 10.2. The zero-order valence-electron chi connectivity index (χ0n) is 12.5. The maximum Gasteiger partial charge on any atom is 0.281 e. The molecule has 22 heavy (non-hydrogen) atoms. The molecule has 10 heteroatoms. The molecule has 8 nitrogen and oxygen atoms in total. The second kappa shape index (κ2) is 6.65. The van der Waals surface area contributed by atoms with Crippen molar-refractivity contribution in [2.45, 2.75) is 6.54 Å². The Balaban J connectivity index is 1.98. The number of aromatic nitrogens is 2. The smallest absolute Gasteiger partial charge is 0.281 e. The number of hydrogen-bond acceptors (Lipinski definition) is 6. The zero-order chi connectivity index (χ0) is 16.3. The molecule has 0 saturated heterocycles. The molecule has 0 fully saturated rings. The lowest BCUT2D eigenvalue weighted by Gasteiger charge is -2.20. The molecule has 0 aliphatic carbocycles. The summed E-state index contributed by atoms with van der Waals surface area (Å²) in [7, 11) is 0.598. The molecule has 1 N–H and O–H groups in total. The van der Waals surface area contributed by atoms with E-state index in [0.29, 0.717) is 0 Å². The van der Waals surface area contributed by atoms with Crippen LogP contribution in [0.2, 0.25) is 0 Å². The van der Waals surface area contributed by atoms with Crippen LogP contribution >= 0.6 is 11.7 Å². The molecule has 1 aromatic heterocycles. The first-order valence-corrected chi connectivity index (χ1v) is 8.55. The van der Waals surface area contributed by atoms with Crippen LogP contribution in [0.1, 0.15) is 5.56 Å². The van der Waals surface area contributed by atoms with Gasteiger partial charge in [-0.05, 0) is 6.07 Å². The highest BCUT2D eigenvalue weighted by molar-refractivity contribution is 7.86. The van der Waals surface area contributed by atoms with Crippen molar-refractivity contribution in [2.75, 3.05) is 27.7 Å². The highest BCUT2D eigenvalue weighted by atomic mass is 32.2. The van der Waals surface area contributed by atoms with Gasteiger partial charge in [-0.3, -0.25) is 4.79 Å². The summed E-state index contributed by atoms with van der Waals surface area (Å²) in [5.41, 5.74) is 2.38. The van der Waals surface area contributed by atoms with E-state index in [0.717, 1.165) is 36.9 Å². The summed E-state index contributed by atoms with van der Waals surface area (Å²) in [5, 5.41) is 2.70. The Kier molecular flexibility index (Phi) is 5.06.